The highest BCUT2D eigenvalue weighted by atomic mass is 79.9. The zero-order valence-electron chi connectivity index (χ0n) is 35.6. The van der Waals surface area contributed by atoms with E-state index in [1.54, 1.807) is 43.4 Å². The fourth-order valence-corrected chi connectivity index (χ4v) is 12.8. The number of ether oxygens (including phenoxy) is 2. The molecular weight excluding hydrogens is 1020 g/mol. The monoisotopic (exact) mass is 1050 g/mol. The van der Waals surface area contributed by atoms with Crippen LogP contribution in [0.5, 0.6) is 23.0 Å². The number of rotatable bonds is 11. The van der Waals surface area contributed by atoms with Crippen LogP contribution in [0.3, 0.4) is 0 Å². The fraction of sp³-hybridized carbons (Fsp3) is 0.208. The van der Waals surface area contributed by atoms with E-state index in [-0.39, 0.29) is 75.0 Å². The highest BCUT2D eigenvalue weighted by Gasteiger charge is 2.49. The molecular formula is C48H33BrCl2FN6O8S2+. The average molecular weight is 1060 g/mol. The first-order chi connectivity index (χ1) is 32.9. The molecule has 0 bridgehead atoms. The lowest BCUT2D eigenvalue weighted by Crippen LogP contribution is -2.30. The number of hydrogen-bond donors (Lipinski definition) is 2. The van der Waals surface area contributed by atoms with Crippen LogP contribution in [0.1, 0.15) is 59.8 Å². The van der Waals surface area contributed by atoms with Crippen molar-refractivity contribution in [1.82, 2.24) is 24.1 Å². The number of nitrogens with zero attached hydrogens (tertiary/aromatic N) is 6. The molecule has 2 atom stereocenters. The van der Waals surface area contributed by atoms with E-state index in [2.05, 4.69) is 20.9 Å². The number of phenols is 2. The first kappa shape index (κ1) is 43.0. The Kier molecular flexibility index (Phi) is 10.2. The minimum atomic E-state index is -0.856. The Morgan fingerprint density at radius 2 is 1.47 bits per heavy atom. The molecule has 2 saturated carbocycles. The number of oxazole rings is 2. The van der Waals surface area contributed by atoms with Crippen molar-refractivity contribution in [2.75, 3.05) is 14.2 Å². The molecule has 0 spiro atoms. The normalized spacial score (nSPS) is 15.9. The van der Waals surface area contributed by atoms with Gasteiger partial charge in [0.05, 0.1) is 63.4 Å². The van der Waals surface area contributed by atoms with Crippen molar-refractivity contribution in [2.45, 2.75) is 50.2 Å². The van der Waals surface area contributed by atoms with Crippen LogP contribution in [0.25, 0.3) is 63.4 Å². The number of hydrogen-bond acceptors (Lipinski definition) is 13. The van der Waals surface area contributed by atoms with Crippen molar-refractivity contribution >= 4 is 102 Å². The summed E-state index contributed by atoms with van der Waals surface area (Å²) in [6, 6.07) is 15.9. The molecule has 2 aliphatic carbocycles. The van der Waals surface area contributed by atoms with Crippen LogP contribution in [0.15, 0.2) is 96.5 Å². The molecule has 4 aromatic carbocycles. The third-order valence-electron chi connectivity index (χ3n) is 12.8. The molecule has 0 saturated heterocycles. The van der Waals surface area contributed by atoms with Gasteiger partial charge < -0.3 is 28.5 Å². The van der Waals surface area contributed by atoms with E-state index in [9.17, 15) is 24.2 Å². The Labute approximate surface area is 409 Å². The first-order valence-corrected chi connectivity index (χ1v) is 24.4. The summed E-state index contributed by atoms with van der Waals surface area (Å²) in [4.78, 5) is 44.2. The standard InChI is InChI=1S/C48H32BrCl2FN6O8S2/c1-63-21-5-7-24(27(11-21)20-3-4-20)43-55-46-37(36-30(49)14-32(51)39(60)41(36)68-46)48(62)57(43)16-23-15-56(19-66-23)33-13-29(33)28-12-22(64-2)6-8-25(28)44-54-45-35(26-9-10-31(50)38(59)40(26)67-45)47(61)58(44)17-34-42(52)53-18-65-34/h5-12,14-15,18-20,29,33H,3-4,13,16-17H2,1-2H3,(H-,59,60)/p+1. The average Bonchev–Trinajstić information content (AvgIpc) is 4.15. The van der Waals surface area contributed by atoms with E-state index in [0.717, 1.165) is 47.3 Å². The number of halogens is 4. The van der Waals surface area contributed by atoms with Gasteiger partial charge in [-0.1, -0.05) is 45.2 Å². The van der Waals surface area contributed by atoms with E-state index in [0.29, 0.717) is 74.8 Å². The molecule has 2 fully saturated rings. The summed E-state index contributed by atoms with van der Waals surface area (Å²) in [5, 5.41) is 23.8. The van der Waals surface area contributed by atoms with Gasteiger partial charge in [-0.2, -0.15) is 13.9 Å². The molecule has 342 valence electrons. The van der Waals surface area contributed by atoms with Crippen LogP contribution in [0, 0.1) is 5.95 Å². The Hall–Kier alpha value is -6.31. The second kappa shape index (κ2) is 16.2. The van der Waals surface area contributed by atoms with Crippen molar-refractivity contribution in [3.05, 3.63) is 137 Å². The van der Waals surface area contributed by atoms with Gasteiger partial charge in [-0.15, -0.1) is 22.7 Å². The minimum Gasteiger partial charge on any atom is -0.505 e. The molecule has 20 heteroatoms. The second-order valence-corrected chi connectivity index (χ2v) is 20.5. The van der Waals surface area contributed by atoms with Crippen LogP contribution in [-0.4, -0.2) is 48.5 Å². The van der Waals surface area contributed by atoms with E-state index in [1.165, 1.54) is 22.0 Å². The maximum atomic E-state index is 15.0. The smallest absolute Gasteiger partial charge is 0.334 e. The predicted octanol–water partition coefficient (Wildman–Crippen LogP) is 11.1. The van der Waals surface area contributed by atoms with E-state index >= 15 is 0 Å². The van der Waals surface area contributed by atoms with Crippen molar-refractivity contribution in [2.24, 2.45) is 0 Å². The molecule has 12 rings (SSSR count). The zero-order chi connectivity index (χ0) is 46.9. The molecule has 0 amide bonds. The van der Waals surface area contributed by atoms with Gasteiger partial charge in [0.15, 0.2) is 35.5 Å². The van der Waals surface area contributed by atoms with E-state index in [1.807, 2.05) is 41.1 Å². The van der Waals surface area contributed by atoms with Gasteiger partial charge in [-0.05, 0) is 78.4 Å². The highest BCUT2D eigenvalue weighted by Crippen LogP contribution is 2.52. The van der Waals surface area contributed by atoms with Crippen LogP contribution in [-0.2, 0) is 13.1 Å². The van der Waals surface area contributed by atoms with Crippen molar-refractivity contribution in [3.63, 3.8) is 0 Å². The van der Waals surface area contributed by atoms with Gasteiger partial charge in [-0.3, -0.25) is 18.7 Å². The lowest BCUT2D eigenvalue weighted by atomic mass is 10.0. The van der Waals surface area contributed by atoms with Crippen LogP contribution in [0.2, 0.25) is 10.0 Å². The fourth-order valence-electron chi connectivity index (χ4n) is 9.22. The largest absolute Gasteiger partial charge is 0.505 e. The number of thiophene rings is 2. The lowest BCUT2D eigenvalue weighted by Gasteiger charge is -2.15. The summed E-state index contributed by atoms with van der Waals surface area (Å²) in [6.45, 7) is -0.284. The van der Waals surface area contributed by atoms with Crippen molar-refractivity contribution < 1.29 is 37.5 Å². The second-order valence-electron chi connectivity index (χ2n) is 16.8. The molecule has 0 aliphatic heterocycles. The number of methoxy groups -OCH3 is 2. The quantitative estimate of drug-likeness (QED) is 0.118. The molecule has 0 radical (unpaired) electrons. The van der Waals surface area contributed by atoms with Gasteiger partial charge in [0, 0.05) is 32.8 Å². The number of benzene rings is 4. The van der Waals surface area contributed by atoms with Gasteiger partial charge in [0.25, 0.3) is 17.1 Å². The third-order valence-corrected chi connectivity index (χ3v) is 16.2. The summed E-state index contributed by atoms with van der Waals surface area (Å²) in [7, 11) is 3.19. The molecule has 68 heavy (non-hydrogen) atoms. The van der Waals surface area contributed by atoms with Crippen LogP contribution >= 0.6 is 61.8 Å². The Balaban J connectivity index is 0.955. The topological polar surface area (TPSA) is 172 Å². The summed E-state index contributed by atoms with van der Waals surface area (Å²) in [5.74, 6) is 1.32. The number of aromatic hydroxyl groups is 2. The lowest BCUT2D eigenvalue weighted by molar-refractivity contribution is -0.704. The predicted molar refractivity (Wildman–Crippen MR) is 260 cm³/mol. The number of aromatic nitrogens is 6. The van der Waals surface area contributed by atoms with E-state index in [4.69, 9.17) is 51.5 Å². The zero-order valence-corrected chi connectivity index (χ0v) is 40.3. The number of phenolic OH excluding ortho intramolecular Hbond substituents is 2. The molecule has 6 heterocycles. The third kappa shape index (κ3) is 6.89. The summed E-state index contributed by atoms with van der Waals surface area (Å²) >= 11 is 18.6. The summed E-state index contributed by atoms with van der Waals surface area (Å²) in [5.41, 5.74) is 2.45. The first-order valence-electron chi connectivity index (χ1n) is 21.2. The van der Waals surface area contributed by atoms with E-state index < -0.39 is 11.5 Å². The Morgan fingerprint density at radius 3 is 2.16 bits per heavy atom. The molecule has 2 aliphatic rings. The number of fused-ring (bicyclic) bond motifs is 6. The van der Waals surface area contributed by atoms with Crippen LogP contribution in [0.4, 0.5) is 4.39 Å². The molecule has 14 nitrogen and oxygen atoms in total. The maximum absolute atomic E-state index is 15.0. The van der Waals surface area contributed by atoms with Gasteiger partial charge in [0.1, 0.15) is 32.8 Å². The minimum absolute atomic E-state index is 0.0287. The maximum Gasteiger partial charge on any atom is 0.334 e. The highest BCUT2D eigenvalue weighted by molar-refractivity contribution is 9.10. The molecule has 6 aromatic heterocycles. The van der Waals surface area contributed by atoms with Gasteiger partial charge in [0.2, 0.25) is 6.20 Å². The van der Waals surface area contributed by atoms with Crippen molar-refractivity contribution in [1.29, 1.82) is 0 Å². The Morgan fingerprint density at radius 1 is 0.824 bits per heavy atom. The van der Waals surface area contributed by atoms with Crippen LogP contribution < -0.4 is 25.2 Å². The summed E-state index contributed by atoms with van der Waals surface area (Å²) in [6.07, 6.45) is 7.13. The Bertz CT molecular complexity index is 3900. The molecule has 10 aromatic rings. The summed E-state index contributed by atoms with van der Waals surface area (Å²) < 4.78 is 44.2. The van der Waals surface area contributed by atoms with Gasteiger partial charge >= 0.3 is 6.39 Å². The SMILES string of the molecule is COc1ccc(-c2nc3sc4c(O)c(Cl)cc(Br)c4c3c(=O)n2Cc2c[n+](C3CC3c3cc(OC)ccc3-c3nc4sc5c(O)c(Cl)ccc5c4c(=O)n3Cc3ocnc3F)co2)c(C2CC2)c1. The molecule has 2 N–H and O–H groups in total. The van der Waals surface area contributed by atoms with Crippen molar-refractivity contribution in [3.8, 4) is 45.8 Å². The molecule has 2 unspecified atom stereocenters. The van der Waals surface area contributed by atoms with Gasteiger partial charge in [-0.25, -0.2) is 9.97 Å².